The van der Waals surface area contributed by atoms with Crippen LogP contribution in [0.3, 0.4) is 0 Å². The van der Waals surface area contributed by atoms with E-state index in [0.29, 0.717) is 6.07 Å². The average molecular weight is 230 g/mol. The van der Waals surface area contributed by atoms with Gasteiger partial charge in [-0.15, -0.1) is 0 Å². The number of nitrogens with two attached hydrogens (primary N) is 1. The second-order valence-electron chi connectivity index (χ2n) is 2.60. The third-order valence-corrected chi connectivity index (χ3v) is 1.54. The van der Waals surface area contributed by atoms with Crippen LogP contribution in [-0.4, -0.2) is 4.98 Å². The van der Waals surface area contributed by atoms with Crippen molar-refractivity contribution in [2.24, 2.45) is 0 Å². The molecule has 0 spiro atoms. The number of halogens is 6. The molecule has 84 valence electrons. The molecule has 0 amide bonds. The summed E-state index contributed by atoms with van der Waals surface area (Å²) in [6.45, 7) is 0. The number of nitrogens with zero attached hydrogens (tertiary/aromatic N) is 1. The fraction of sp³-hybridized carbons (Fsp3) is 0.286. The molecular formula is C7H4F6N2. The van der Waals surface area contributed by atoms with Gasteiger partial charge in [-0.25, -0.2) is 13.8 Å². The summed E-state index contributed by atoms with van der Waals surface area (Å²) in [7, 11) is 0. The molecule has 2 N–H and O–H groups in total. The lowest BCUT2D eigenvalue weighted by molar-refractivity contribution is -0.142. The quantitative estimate of drug-likeness (QED) is 0.595. The highest BCUT2D eigenvalue weighted by molar-refractivity contribution is 5.39. The van der Waals surface area contributed by atoms with Crippen molar-refractivity contribution in [2.75, 3.05) is 5.73 Å². The lowest BCUT2D eigenvalue weighted by atomic mass is 10.1. The van der Waals surface area contributed by atoms with Crippen LogP contribution in [0, 0.1) is 5.95 Å². The first-order chi connectivity index (χ1) is 6.73. The van der Waals surface area contributed by atoms with Crippen molar-refractivity contribution in [3.8, 4) is 0 Å². The highest BCUT2D eigenvalue weighted by Crippen LogP contribution is 2.38. The molecule has 0 fully saturated rings. The molecule has 1 heterocycles. The monoisotopic (exact) mass is 230 g/mol. The molecule has 0 aromatic carbocycles. The molecule has 0 radical (unpaired) electrons. The summed E-state index contributed by atoms with van der Waals surface area (Å²) in [5, 5.41) is 0. The molecule has 0 saturated carbocycles. The van der Waals surface area contributed by atoms with Crippen LogP contribution in [-0.2, 0) is 6.18 Å². The Morgan fingerprint density at radius 2 is 1.80 bits per heavy atom. The van der Waals surface area contributed by atoms with Gasteiger partial charge in [0.25, 0.3) is 6.43 Å². The second-order valence-corrected chi connectivity index (χ2v) is 2.60. The smallest absolute Gasteiger partial charge is 0.384 e. The molecule has 0 aliphatic heterocycles. The van der Waals surface area contributed by atoms with Crippen molar-refractivity contribution in [3.05, 3.63) is 23.1 Å². The van der Waals surface area contributed by atoms with Gasteiger partial charge < -0.3 is 5.73 Å². The average Bonchev–Trinajstić information content (AvgIpc) is 1.99. The number of anilines is 1. The Balaban J connectivity index is 3.48. The van der Waals surface area contributed by atoms with E-state index in [4.69, 9.17) is 5.73 Å². The molecule has 1 aromatic heterocycles. The van der Waals surface area contributed by atoms with Gasteiger partial charge in [0.05, 0.1) is 0 Å². The predicted molar refractivity (Wildman–Crippen MR) is 38.6 cm³/mol. The van der Waals surface area contributed by atoms with E-state index in [1.54, 1.807) is 0 Å². The maximum atomic E-state index is 12.7. The Morgan fingerprint density at radius 3 is 2.20 bits per heavy atom. The molecule has 2 nitrogen and oxygen atoms in total. The van der Waals surface area contributed by atoms with E-state index < -0.39 is 35.5 Å². The molecule has 0 bridgehead atoms. The lowest BCUT2D eigenvalue weighted by Crippen LogP contribution is -2.15. The van der Waals surface area contributed by atoms with Crippen molar-refractivity contribution in [1.29, 1.82) is 0 Å². The molecule has 1 aromatic rings. The first-order valence-corrected chi connectivity index (χ1v) is 3.54. The molecule has 0 saturated heterocycles. The van der Waals surface area contributed by atoms with Crippen LogP contribution in [0.5, 0.6) is 0 Å². The summed E-state index contributed by atoms with van der Waals surface area (Å²) in [5.74, 6) is -2.77. The second kappa shape index (κ2) is 3.59. The van der Waals surface area contributed by atoms with Gasteiger partial charge in [0, 0.05) is 5.56 Å². The van der Waals surface area contributed by atoms with Gasteiger partial charge in [-0.3, -0.25) is 0 Å². The van der Waals surface area contributed by atoms with Gasteiger partial charge >= 0.3 is 6.18 Å². The van der Waals surface area contributed by atoms with Crippen molar-refractivity contribution in [3.63, 3.8) is 0 Å². The molecule has 1 rings (SSSR count). The Hall–Kier alpha value is -1.47. The van der Waals surface area contributed by atoms with Crippen molar-refractivity contribution in [2.45, 2.75) is 12.6 Å². The van der Waals surface area contributed by atoms with Gasteiger partial charge in [-0.1, -0.05) is 0 Å². The number of pyridine rings is 1. The SMILES string of the molecule is Nc1cc(C(F)F)c(C(F)(F)F)c(F)n1. The van der Waals surface area contributed by atoms with E-state index >= 15 is 0 Å². The van der Waals surface area contributed by atoms with Crippen LogP contribution in [0.2, 0.25) is 0 Å². The predicted octanol–water partition coefficient (Wildman–Crippen LogP) is 2.76. The van der Waals surface area contributed by atoms with E-state index in [1.165, 1.54) is 0 Å². The number of nitrogen functional groups attached to an aromatic ring is 1. The first-order valence-electron chi connectivity index (χ1n) is 3.54. The Bertz CT molecular complexity index is 372. The van der Waals surface area contributed by atoms with Gasteiger partial charge in [-0.2, -0.15) is 17.6 Å². The van der Waals surface area contributed by atoms with E-state index in [9.17, 15) is 26.3 Å². The zero-order chi connectivity index (χ0) is 11.8. The van der Waals surface area contributed by atoms with Crippen LogP contribution in [0.1, 0.15) is 17.6 Å². The number of hydrogen-bond acceptors (Lipinski definition) is 2. The maximum Gasteiger partial charge on any atom is 0.421 e. The van der Waals surface area contributed by atoms with E-state index in [0.717, 1.165) is 0 Å². The summed E-state index contributed by atoms with van der Waals surface area (Å²) in [5.41, 5.74) is 1.27. The minimum absolute atomic E-state index is 0.302. The molecule has 8 heteroatoms. The number of alkyl halides is 5. The molecule has 0 aliphatic rings. The third kappa shape index (κ3) is 2.31. The highest BCUT2D eigenvalue weighted by atomic mass is 19.4. The fourth-order valence-electron chi connectivity index (χ4n) is 1.00. The van der Waals surface area contributed by atoms with E-state index in [2.05, 4.69) is 4.98 Å². The van der Waals surface area contributed by atoms with Crippen LogP contribution in [0.15, 0.2) is 6.07 Å². The minimum Gasteiger partial charge on any atom is -0.384 e. The zero-order valence-electron chi connectivity index (χ0n) is 6.95. The molecule has 15 heavy (non-hydrogen) atoms. The Kier molecular flexibility index (Phi) is 2.78. The van der Waals surface area contributed by atoms with Crippen molar-refractivity contribution < 1.29 is 26.3 Å². The molecule has 0 aliphatic carbocycles. The zero-order valence-corrected chi connectivity index (χ0v) is 6.95. The molecule has 0 unspecified atom stereocenters. The van der Waals surface area contributed by atoms with Gasteiger partial charge in [0.2, 0.25) is 5.95 Å². The van der Waals surface area contributed by atoms with Crippen LogP contribution < -0.4 is 5.73 Å². The summed E-state index contributed by atoms with van der Waals surface area (Å²) in [6.07, 6.45) is -8.70. The van der Waals surface area contributed by atoms with Crippen molar-refractivity contribution in [1.82, 2.24) is 4.98 Å². The topological polar surface area (TPSA) is 38.9 Å². The summed E-state index contributed by atoms with van der Waals surface area (Å²) in [4.78, 5) is 2.64. The minimum atomic E-state index is -5.23. The third-order valence-electron chi connectivity index (χ3n) is 1.54. The number of hydrogen-bond donors (Lipinski definition) is 1. The Labute approximate surface area is 79.7 Å². The van der Waals surface area contributed by atoms with E-state index in [-0.39, 0.29) is 0 Å². The Morgan fingerprint density at radius 1 is 1.27 bits per heavy atom. The van der Waals surface area contributed by atoms with Gasteiger partial charge in [0.15, 0.2) is 0 Å². The van der Waals surface area contributed by atoms with Gasteiger partial charge in [-0.05, 0) is 6.07 Å². The largest absolute Gasteiger partial charge is 0.421 e. The first kappa shape index (κ1) is 11.6. The summed E-state index contributed by atoms with van der Waals surface area (Å²) in [6, 6.07) is 0.302. The standard InChI is InChI=1S/C7H4F6N2/c8-5(9)2-1-3(14)15-6(10)4(2)7(11,12)13/h1,5H,(H2,14,15). The van der Waals surface area contributed by atoms with Crippen LogP contribution in [0.4, 0.5) is 32.2 Å². The molecular weight excluding hydrogens is 226 g/mol. The molecule has 0 atom stereocenters. The fourth-order valence-corrected chi connectivity index (χ4v) is 1.00. The van der Waals surface area contributed by atoms with Crippen LogP contribution >= 0.6 is 0 Å². The van der Waals surface area contributed by atoms with Crippen LogP contribution in [0.25, 0.3) is 0 Å². The number of rotatable bonds is 1. The van der Waals surface area contributed by atoms with E-state index in [1.807, 2.05) is 0 Å². The normalized spacial score (nSPS) is 12.2. The lowest BCUT2D eigenvalue weighted by Gasteiger charge is -2.12. The number of aromatic nitrogens is 1. The summed E-state index contributed by atoms with van der Waals surface area (Å²) >= 11 is 0. The maximum absolute atomic E-state index is 12.7. The van der Waals surface area contributed by atoms with Gasteiger partial charge in [0.1, 0.15) is 11.4 Å². The highest BCUT2D eigenvalue weighted by Gasteiger charge is 2.40. The van der Waals surface area contributed by atoms with Crippen molar-refractivity contribution >= 4 is 5.82 Å². The summed E-state index contributed by atoms with van der Waals surface area (Å²) < 4.78 is 73.5.